The fraction of sp³-hybridized carbons (Fsp3) is 0.593. The molecule has 0 aromatic heterocycles. The zero-order chi connectivity index (χ0) is 25.5. The molecular weight excluding hydrogens is 442 g/mol. The van der Waals surface area contributed by atoms with E-state index in [0.717, 1.165) is 45.9 Å². The number of benzene rings is 1. The number of nitrogens with one attached hydrogen (secondary N) is 1. The van der Waals surface area contributed by atoms with E-state index in [0.29, 0.717) is 18.1 Å². The molecule has 8 nitrogen and oxygen atoms in total. The number of carbonyl (C=O) groups excluding carboxylic acids is 1. The van der Waals surface area contributed by atoms with E-state index in [4.69, 9.17) is 9.84 Å². The molecule has 1 unspecified atom stereocenters. The van der Waals surface area contributed by atoms with Gasteiger partial charge in [0.1, 0.15) is 5.75 Å². The van der Waals surface area contributed by atoms with Crippen molar-refractivity contribution in [2.24, 2.45) is 0 Å². The van der Waals surface area contributed by atoms with E-state index in [-0.39, 0.29) is 5.75 Å². The number of rotatable bonds is 8. The molecule has 3 aliphatic rings. The van der Waals surface area contributed by atoms with Gasteiger partial charge in [-0.15, -0.1) is 13.2 Å². The molecule has 0 bridgehead atoms. The molecule has 35 heavy (non-hydrogen) atoms. The van der Waals surface area contributed by atoms with Crippen molar-refractivity contribution in [2.45, 2.75) is 25.8 Å². The summed E-state index contributed by atoms with van der Waals surface area (Å²) in [6.45, 7) is 26.1. The molecule has 3 heterocycles. The highest BCUT2D eigenvalue weighted by molar-refractivity contribution is 5.71. The number of nitrogens with zero attached hydrogens (tertiary/aromatic N) is 4. The molecule has 8 heteroatoms. The van der Waals surface area contributed by atoms with Gasteiger partial charge in [-0.25, -0.2) is 0 Å². The van der Waals surface area contributed by atoms with Crippen LogP contribution in [0.3, 0.4) is 0 Å². The number of piperazine rings is 1. The Morgan fingerprint density at radius 3 is 2.17 bits per heavy atom. The SMILES string of the molecule is C=C.C=C(CN1CCCC1)N1CCN(CC(C)N2CCOCC2)CC1.O=CNc1ccc(O)cc1. The van der Waals surface area contributed by atoms with Crippen molar-refractivity contribution in [3.05, 3.63) is 49.7 Å². The largest absolute Gasteiger partial charge is 0.508 e. The first kappa shape index (κ1) is 28.8. The second kappa shape index (κ2) is 16.3. The van der Waals surface area contributed by atoms with Gasteiger partial charge in [0.15, 0.2) is 0 Å². The molecule has 3 aliphatic heterocycles. The summed E-state index contributed by atoms with van der Waals surface area (Å²) in [4.78, 5) is 20.1. The molecule has 4 rings (SSSR count). The average Bonchev–Trinajstić information content (AvgIpc) is 3.41. The maximum absolute atomic E-state index is 9.89. The molecule has 0 saturated carbocycles. The summed E-state index contributed by atoms with van der Waals surface area (Å²) >= 11 is 0. The van der Waals surface area contributed by atoms with E-state index < -0.39 is 0 Å². The third-order valence-corrected chi connectivity index (χ3v) is 6.71. The Kier molecular flexibility index (Phi) is 13.4. The minimum Gasteiger partial charge on any atom is -0.508 e. The molecule has 196 valence electrons. The van der Waals surface area contributed by atoms with Crippen molar-refractivity contribution in [3.8, 4) is 5.75 Å². The van der Waals surface area contributed by atoms with Crippen molar-refractivity contribution in [3.63, 3.8) is 0 Å². The van der Waals surface area contributed by atoms with E-state index in [2.05, 4.69) is 51.6 Å². The van der Waals surface area contributed by atoms with Crippen LogP contribution in [0.2, 0.25) is 0 Å². The molecular formula is C27H45N5O3. The van der Waals surface area contributed by atoms with Crippen LogP contribution < -0.4 is 5.32 Å². The summed E-state index contributed by atoms with van der Waals surface area (Å²) in [5.41, 5.74) is 2.00. The Morgan fingerprint density at radius 1 is 1.00 bits per heavy atom. The van der Waals surface area contributed by atoms with Crippen LogP contribution in [0.15, 0.2) is 49.7 Å². The molecule has 3 saturated heterocycles. The summed E-state index contributed by atoms with van der Waals surface area (Å²) in [5, 5.41) is 11.3. The average molecular weight is 488 g/mol. The second-order valence-corrected chi connectivity index (χ2v) is 9.14. The van der Waals surface area contributed by atoms with Crippen LogP contribution in [-0.2, 0) is 9.53 Å². The molecule has 1 amide bonds. The van der Waals surface area contributed by atoms with Crippen molar-refractivity contribution in [2.75, 3.05) is 84.0 Å². The number of phenolic OH excluding ortho intramolecular Hbond substituents is 1. The lowest BCUT2D eigenvalue weighted by atomic mass is 10.2. The zero-order valence-electron chi connectivity index (χ0n) is 21.5. The molecule has 3 fully saturated rings. The Balaban J connectivity index is 0.000000302. The number of phenols is 1. The minimum atomic E-state index is 0.191. The van der Waals surface area contributed by atoms with Crippen LogP contribution in [0.1, 0.15) is 19.8 Å². The summed E-state index contributed by atoms with van der Waals surface area (Å²) in [6, 6.07) is 6.88. The summed E-state index contributed by atoms with van der Waals surface area (Å²) < 4.78 is 5.46. The number of aromatic hydroxyl groups is 1. The van der Waals surface area contributed by atoms with Crippen LogP contribution in [0.25, 0.3) is 0 Å². The number of amides is 1. The third kappa shape index (κ3) is 10.4. The van der Waals surface area contributed by atoms with Crippen molar-refractivity contribution < 1.29 is 14.6 Å². The zero-order valence-corrected chi connectivity index (χ0v) is 21.5. The molecule has 1 aromatic carbocycles. The fourth-order valence-electron chi connectivity index (χ4n) is 4.68. The summed E-state index contributed by atoms with van der Waals surface area (Å²) in [6.07, 6.45) is 3.31. The topological polar surface area (TPSA) is 71.5 Å². The molecule has 2 N–H and O–H groups in total. The van der Waals surface area contributed by atoms with E-state index in [1.807, 2.05) is 0 Å². The Labute approximate surface area is 211 Å². The monoisotopic (exact) mass is 487 g/mol. The third-order valence-electron chi connectivity index (χ3n) is 6.71. The fourth-order valence-corrected chi connectivity index (χ4v) is 4.68. The molecule has 1 atom stereocenters. The number of hydrogen-bond acceptors (Lipinski definition) is 7. The van der Waals surface area contributed by atoms with E-state index in [1.165, 1.54) is 63.4 Å². The maximum atomic E-state index is 9.89. The predicted octanol–water partition coefficient (Wildman–Crippen LogP) is 2.70. The van der Waals surface area contributed by atoms with Gasteiger partial charge < -0.3 is 20.1 Å². The quantitative estimate of drug-likeness (QED) is 0.332. The van der Waals surface area contributed by atoms with Gasteiger partial charge in [-0.05, 0) is 57.1 Å². The standard InChI is InChI=1S/C18H34N4O.C7H7NO2.C2H4/c1-17(15-19-5-3-4-6-19)21-9-7-20(8-10-21)16-18(2)22-11-13-23-14-12-22;9-5-8-6-1-3-7(10)4-2-6;1-2/h18H,1,3-16H2,2H3;1-5,10H,(H,8,9);1-2H2. The molecule has 0 radical (unpaired) electrons. The lowest BCUT2D eigenvalue weighted by Gasteiger charge is -2.41. The van der Waals surface area contributed by atoms with Gasteiger partial charge in [0.2, 0.25) is 6.41 Å². The second-order valence-electron chi connectivity index (χ2n) is 9.14. The predicted molar refractivity (Wildman–Crippen MR) is 144 cm³/mol. The normalized spacial score (nSPS) is 20.1. The highest BCUT2D eigenvalue weighted by atomic mass is 16.5. The van der Waals surface area contributed by atoms with E-state index in [1.54, 1.807) is 12.1 Å². The number of ether oxygens (including phenoxy) is 1. The smallest absolute Gasteiger partial charge is 0.211 e. The van der Waals surface area contributed by atoms with Gasteiger partial charge in [-0.3, -0.25) is 19.5 Å². The lowest BCUT2D eigenvalue weighted by Crippen LogP contribution is -2.52. The van der Waals surface area contributed by atoms with E-state index >= 15 is 0 Å². The van der Waals surface area contributed by atoms with Crippen LogP contribution in [0.5, 0.6) is 5.75 Å². The van der Waals surface area contributed by atoms with Gasteiger partial charge in [-0.1, -0.05) is 6.58 Å². The van der Waals surface area contributed by atoms with Gasteiger partial charge in [0.05, 0.1) is 13.2 Å². The Hall–Kier alpha value is -2.39. The van der Waals surface area contributed by atoms with Crippen LogP contribution in [-0.4, -0.2) is 116 Å². The highest BCUT2D eigenvalue weighted by Gasteiger charge is 2.24. The van der Waals surface area contributed by atoms with Crippen LogP contribution >= 0.6 is 0 Å². The Morgan fingerprint density at radius 2 is 1.60 bits per heavy atom. The van der Waals surface area contributed by atoms with Gasteiger partial charge in [0, 0.05) is 69.8 Å². The lowest BCUT2D eigenvalue weighted by molar-refractivity contribution is -0.105. The number of morpholine rings is 1. The summed E-state index contributed by atoms with van der Waals surface area (Å²) in [5.74, 6) is 0.191. The number of likely N-dealkylation sites (tertiary alicyclic amines) is 1. The van der Waals surface area contributed by atoms with Crippen LogP contribution in [0, 0.1) is 0 Å². The van der Waals surface area contributed by atoms with Gasteiger partial charge in [-0.2, -0.15) is 0 Å². The number of anilines is 1. The number of carbonyl (C=O) groups is 1. The van der Waals surface area contributed by atoms with E-state index in [9.17, 15) is 4.79 Å². The highest BCUT2D eigenvalue weighted by Crippen LogP contribution is 2.15. The summed E-state index contributed by atoms with van der Waals surface area (Å²) in [7, 11) is 0. The van der Waals surface area contributed by atoms with Crippen LogP contribution in [0.4, 0.5) is 5.69 Å². The maximum Gasteiger partial charge on any atom is 0.211 e. The number of hydrogen-bond donors (Lipinski definition) is 2. The van der Waals surface area contributed by atoms with Crippen molar-refractivity contribution in [1.82, 2.24) is 19.6 Å². The molecule has 0 spiro atoms. The first-order chi connectivity index (χ1) is 17.0. The van der Waals surface area contributed by atoms with Gasteiger partial charge in [0.25, 0.3) is 0 Å². The molecule has 0 aliphatic carbocycles. The van der Waals surface area contributed by atoms with Gasteiger partial charge >= 0.3 is 0 Å². The molecule has 1 aromatic rings. The Bertz CT molecular complexity index is 725. The van der Waals surface area contributed by atoms with Crippen molar-refractivity contribution in [1.29, 1.82) is 0 Å². The first-order valence-electron chi connectivity index (χ1n) is 12.7. The first-order valence-corrected chi connectivity index (χ1v) is 12.7. The van der Waals surface area contributed by atoms with Crippen molar-refractivity contribution >= 4 is 12.1 Å². The minimum absolute atomic E-state index is 0.191.